The summed E-state index contributed by atoms with van der Waals surface area (Å²) in [6.07, 6.45) is 7.06. The first kappa shape index (κ1) is 17.6. The molecule has 1 heterocycles. The Labute approximate surface area is 152 Å². The molecule has 3 nitrogen and oxygen atoms in total. The molecule has 0 unspecified atom stereocenters. The molecule has 1 aromatic carbocycles. The molecular weight excluding hydrogens is 332 g/mol. The van der Waals surface area contributed by atoms with Crippen LogP contribution in [0.2, 0.25) is 0 Å². The van der Waals surface area contributed by atoms with E-state index >= 15 is 0 Å². The topological polar surface area (TPSA) is 43.4 Å². The molecule has 0 radical (unpaired) electrons. The Bertz CT molecular complexity index is 726. The predicted octanol–water partition coefficient (Wildman–Crippen LogP) is 4.98. The van der Waals surface area contributed by atoms with Crippen LogP contribution in [-0.2, 0) is 14.3 Å². The highest BCUT2D eigenvalue weighted by atomic mass is 32.1. The second kappa shape index (κ2) is 8.77. The molecule has 0 amide bonds. The standard InChI is InChI=1S/C21H22O3S/c22-19(17-10-5-2-6-11-17)15-24-21(23)18(20-12-7-13-25-20)14-16-8-3-1-4-9-16/h1,3-4,7-9,12-14,17H,2,5-6,10-11,15H2. The molecule has 1 saturated carbocycles. The fraction of sp³-hybridized carbons (Fsp3) is 0.333. The molecule has 130 valence electrons. The molecule has 1 aromatic heterocycles. The summed E-state index contributed by atoms with van der Waals surface area (Å²) in [5.74, 6) is -0.321. The van der Waals surface area contributed by atoms with Gasteiger partial charge in [0.1, 0.15) is 0 Å². The van der Waals surface area contributed by atoms with Gasteiger partial charge in [-0.1, -0.05) is 55.7 Å². The normalized spacial score (nSPS) is 15.8. The van der Waals surface area contributed by atoms with Gasteiger partial charge in [-0.15, -0.1) is 11.3 Å². The molecule has 0 aliphatic heterocycles. The third kappa shape index (κ3) is 4.89. The van der Waals surface area contributed by atoms with Crippen molar-refractivity contribution in [2.24, 2.45) is 5.92 Å². The van der Waals surface area contributed by atoms with E-state index in [4.69, 9.17) is 4.74 Å². The third-order valence-electron chi connectivity index (χ3n) is 4.52. The van der Waals surface area contributed by atoms with Gasteiger partial charge in [-0.2, -0.15) is 0 Å². The van der Waals surface area contributed by atoms with Crippen LogP contribution in [0.4, 0.5) is 0 Å². The maximum Gasteiger partial charge on any atom is 0.340 e. The fourth-order valence-electron chi connectivity index (χ4n) is 3.14. The third-order valence-corrected chi connectivity index (χ3v) is 5.43. The van der Waals surface area contributed by atoms with Crippen molar-refractivity contribution in [1.29, 1.82) is 0 Å². The van der Waals surface area contributed by atoms with Gasteiger partial charge in [0.25, 0.3) is 0 Å². The van der Waals surface area contributed by atoms with Crippen LogP contribution in [0.1, 0.15) is 42.5 Å². The van der Waals surface area contributed by atoms with E-state index in [1.54, 1.807) is 0 Å². The molecule has 3 rings (SSSR count). The Morgan fingerprint density at radius 1 is 1.04 bits per heavy atom. The monoisotopic (exact) mass is 354 g/mol. The number of ketones is 1. The molecule has 2 aromatic rings. The van der Waals surface area contributed by atoms with Crippen LogP contribution in [0.3, 0.4) is 0 Å². The largest absolute Gasteiger partial charge is 0.454 e. The number of hydrogen-bond acceptors (Lipinski definition) is 4. The van der Waals surface area contributed by atoms with Gasteiger partial charge in [0, 0.05) is 10.8 Å². The minimum atomic E-state index is -0.435. The molecule has 0 spiro atoms. The van der Waals surface area contributed by atoms with Crippen LogP contribution in [0, 0.1) is 5.92 Å². The lowest BCUT2D eigenvalue weighted by molar-refractivity contribution is -0.143. The zero-order valence-electron chi connectivity index (χ0n) is 14.1. The molecule has 0 saturated heterocycles. The second-order valence-corrected chi connectivity index (χ2v) is 7.27. The van der Waals surface area contributed by atoms with Crippen molar-refractivity contribution in [2.75, 3.05) is 6.61 Å². The van der Waals surface area contributed by atoms with Crippen LogP contribution >= 0.6 is 11.3 Å². The maximum absolute atomic E-state index is 12.6. The van der Waals surface area contributed by atoms with E-state index in [2.05, 4.69) is 0 Å². The summed E-state index contributed by atoms with van der Waals surface area (Å²) in [5, 5.41) is 1.93. The number of benzene rings is 1. The first-order valence-corrected chi connectivity index (χ1v) is 9.62. The number of esters is 1. The number of ether oxygens (including phenoxy) is 1. The van der Waals surface area contributed by atoms with Crippen molar-refractivity contribution in [3.8, 4) is 0 Å². The highest BCUT2D eigenvalue weighted by molar-refractivity contribution is 7.11. The van der Waals surface area contributed by atoms with Crippen molar-refractivity contribution in [1.82, 2.24) is 0 Å². The van der Waals surface area contributed by atoms with Crippen molar-refractivity contribution in [3.63, 3.8) is 0 Å². The molecule has 1 aliphatic rings. The smallest absolute Gasteiger partial charge is 0.340 e. The van der Waals surface area contributed by atoms with Gasteiger partial charge in [-0.05, 0) is 35.9 Å². The van der Waals surface area contributed by atoms with E-state index < -0.39 is 5.97 Å². The average molecular weight is 354 g/mol. The lowest BCUT2D eigenvalue weighted by Gasteiger charge is -2.20. The van der Waals surface area contributed by atoms with Gasteiger partial charge in [-0.3, -0.25) is 4.79 Å². The Balaban J connectivity index is 1.69. The molecule has 0 atom stereocenters. The summed E-state index contributed by atoms with van der Waals surface area (Å²) in [5.41, 5.74) is 1.43. The zero-order chi connectivity index (χ0) is 17.5. The lowest BCUT2D eigenvalue weighted by Crippen LogP contribution is -2.24. The SMILES string of the molecule is O=C(OCC(=O)C1CCCCC1)C(=Cc1ccccc1)c1cccs1. The van der Waals surface area contributed by atoms with Crippen LogP contribution < -0.4 is 0 Å². The van der Waals surface area contributed by atoms with Gasteiger partial charge in [-0.25, -0.2) is 4.79 Å². The first-order chi connectivity index (χ1) is 12.2. The van der Waals surface area contributed by atoms with Crippen LogP contribution in [0.5, 0.6) is 0 Å². The van der Waals surface area contributed by atoms with Gasteiger partial charge in [0.05, 0.1) is 5.57 Å². The minimum absolute atomic E-state index is 0.0540. The zero-order valence-corrected chi connectivity index (χ0v) is 15.0. The van der Waals surface area contributed by atoms with Crippen molar-refractivity contribution < 1.29 is 14.3 Å². The Hall–Kier alpha value is -2.20. The van der Waals surface area contributed by atoms with E-state index in [9.17, 15) is 9.59 Å². The van der Waals surface area contributed by atoms with Gasteiger partial charge >= 0.3 is 5.97 Å². The lowest BCUT2D eigenvalue weighted by atomic mass is 9.86. The van der Waals surface area contributed by atoms with Crippen LogP contribution in [0.15, 0.2) is 47.8 Å². The molecular formula is C21H22O3S. The summed E-state index contributed by atoms with van der Waals surface area (Å²) < 4.78 is 5.37. The van der Waals surface area contributed by atoms with Crippen molar-refractivity contribution in [2.45, 2.75) is 32.1 Å². The summed E-state index contributed by atoms with van der Waals surface area (Å²) in [4.78, 5) is 25.7. The average Bonchev–Trinajstić information content (AvgIpc) is 3.20. The number of hydrogen-bond donors (Lipinski definition) is 0. The fourth-order valence-corrected chi connectivity index (χ4v) is 3.87. The molecule has 4 heteroatoms. The number of carbonyl (C=O) groups excluding carboxylic acids is 2. The molecule has 1 fully saturated rings. The Morgan fingerprint density at radius 2 is 1.80 bits per heavy atom. The van der Waals surface area contributed by atoms with E-state index in [0.29, 0.717) is 5.57 Å². The van der Waals surface area contributed by atoms with Gasteiger partial charge < -0.3 is 4.74 Å². The highest BCUT2D eigenvalue weighted by Gasteiger charge is 2.23. The van der Waals surface area contributed by atoms with Gasteiger partial charge in [0.15, 0.2) is 12.4 Å². The number of Topliss-reactive ketones (excluding diaryl/α,β-unsaturated/α-hetero) is 1. The van der Waals surface area contributed by atoms with Crippen LogP contribution in [-0.4, -0.2) is 18.4 Å². The van der Waals surface area contributed by atoms with E-state index in [1.165, 1.54) is 17.8 Å². The summed E-state index contributed by atoms with van der Waals surface area (Å²) in [6.45, 7) is -0.124. The first-order valence-electron chi connectivity index (χ1n) is 8.74. The van der Waals surface area contributed by atoms with E-state index in [-0.39, 0.29) is 18.3 Å². The van der Waals surface area contributed by atoms with Crippen molar-refractivity contribution >= 4 is 34.7 Å². The van der Waals surface area contributed by atoms with E-state index in [1.807, 2.05) is 53.9 Å². The van der Waals surface area contributed by atoms with Crippen LogP contribution in [0.25, 0.3) is 11.6 Å². The summed E-state index contributed by atoms with van der Waals surface area (Å²) in [7, 11) is 0. The molecule has 0 N–H and O–H groups in total. The Morgan fingerprint density at radius 3 is 2.48 bits per heavy atom. The number of rotatable bonds is 6. The molecule has 1 aliphatic carbocycles. The minimum Gasteiger partial charge on any atom is -0.454 e. The number of carbonyl (C=O) groups is 2. The predicted molar refractivity (Wildman–Crippen MR) is 101 cm³/mol. The highest BCUT2D eigenvalue weighted by Crippen LogP contribution is 2.26. The van der Waals surface area contributed by atoms with Gasteiger partial charge in [0.2, 0.25) is 0 Å². The summed E-state index contributed by atoms with van der Waals surface area (Å²) in [6, 6.07) is 13.5. The number of thiophene rings is 1. The summed E-state index contributed by atoms with van der Waals surface area (Å²) >= 11 is 1.49. The van der Waals surface area contributed by atoms with E-state index in [0.717, 1.165) is 36.1 Å². The quantitative estimate of drug-likeness (QED) is 0.543. The Kier molecular flexibility index (Phi) is 6.18. The molecule has 0 bridgehead atoms. The van der Waals surface area contributed by atoms with Crippen molar-refractivity contribution in [3.05, 3.63) is 58.3 Å². The second-order valence-electron chi connectivity index (χ2n) is 6.32. The molecule has 25 heavy (non-hydrogen) atoms. The maximum atomic E-state index is 12.6.